The smallest absolute Gasteiger partial charge is 0.240 e. The molecule has 2 rings (SSSR count). The van der Waals surface area contributed by atoms with Gasteiger partial charge in [-0.3, -0.25) is 9.69 Å². The van der Waals surface area contributed by atoms with Crippen LogP contribution in [0.3, 0.4) is 0 Å². The van der Waals surface area contributed by atoms with Crippen LogP contribution in [0.1, 0.15) is 33.6 Å². The van der Waals surface area contributed by atoms with Crippen molar-refractivity contribution in [1.82, 2.24) is 9.80 Å². The summed E-state index contributed by atoms with van der Waals surface area (Å²) in [6.07, 6.45) is 2.50. The Labute approximate surface area is 104 Å². The number of carbonyl (C=O) groups is 1. The van der Waals surface area contributed by atoms with Crippen molar-refractivity contribution < 1.29 is 4.79 Å². The molecule has 2 aliphatic rings. The van der Waals surface area contributed by atoms with Crippen LogP contribution in [0.25, 0.3) is 0 Å². The van der Waals surface area contributed by atoms with Gasteiger partial charge in [0.1, 0.15) is 0 Å². The molecule has 0 aromatic carbocycles. The molecular formula is C13H25N3O. The van der Waals surface area contributed by atoms with Crippen molar-refractivity contribution in [1.29, 1.82) is 0 Å². The summed E-state index contributed by atoms with van der Waals surface area (Å²) >= 11 is 0. The van der Waals surface area contributed by atoms with Gasteiger partial charge < -0.3 is 10.6 Å². The molecule has 17 heavy (non-hydrogen) atoms. The quantitative estimate of drug-likeness (QED) is 0.770. The molecule has 0 aromatic rings. The lowest BCUT2D eigenvalue weighted by molar-refractivity contribution is -0.139. The van der Waals surface area contributed by atoms with Gasteiger partial charge in [0, 0.05) is 25.2 Å². The van der Waals surface area contributed by atoms with Crippen LogP contribution in [-0.4, -0.2) is 53.5 Å². The predicted octanol–water partition coefficient (Wildman–Crippen LogP) is 0.665. The number of hydrogen-bond donors (Lipinski definition) is 1. The van der Waals surface area contributed by atoms with Crippen molar-refractivity contribution >= 4 is 5.91 Å². The third-order valence-corrected chi connectivity index (χ3v) is 4.22. The Morgan fingerprint density at radius 1 is 1.35 bits per heavy atom. The van der Waals surface area contributed by atoms with Crippen molar-refractivity contribution in [2.75, 3.05) is 19.6 Å². The number of piperazine rings is 1. The first-order valence-electron chi connectivity index (χ1n) is 6.80. The van der Waals surface area contributed by atoms with E-state index in [1.807, 2.05) is 18.7 Å². The number of nitrogens with zero attached hydrogens (tertiary/aromatic N) is 2. The van der Waals surface area contributed by atoms with E-state index in [1.54, 1.807) is 0 Å². The molecule has 3 atom stereocenters. The highest BCUT2D eigenvalue weighted by Crippen LogP contribution is 2.25. The standard InChI is InChI=1S/C13H25N3O/c1-9(2)12(14)13(17)16-8-11-5-4-6-15(11)7-10(16)3/h9-12H,4-8,14H2,1-3H3/t10?,11?,12-/m1/s1. The van der Waals surface area contributed by atoms with E-state index in [1.165, 1.54) is 19.4 Å². The van der Waals surface area contributed by atoms with Crippen LogP contribution >= 0.6 is 0 Å². The van der Waals surface area contributed by atoms with Crippen LogP contribution in [0.4, 0.5) is 0 Å². The number of amides is 1. The monoisotopic (exact) mass is 239 g/mol. The maximum absolute atomic E-state index is 12.3. The zero-order chi connectivity index (χ0) is 12.6. The molecule has 4 heteroatoms. The summed E-state index contributed by atoms with van der Waals surface area (Å²) in [5.74, 6) is 0.357. The number of fused-ring (bicyclic) bond motifs is 1. The van der Waals surface area contributed by atoms with Crippen molar-refractivity contribution in [2.45, 2.75) is 51.7 Å². The van der Waals surface area contributed by atoms with Gasteiger partial charge in [0.05, 0.1) is 6.04 Å². The first-order valence-corrected chi connectivity index (χ1v) is 6.80. The summed E-state index contributed by atoms with van der Waals surface area (Å²) in [6, 6.07) is 0.543. The zero-order valence-corrected chi connectivity index (χ0v) is 11.2. The molecule has 2 saturated heterocycles. The molecule has 2 aliphatic heterocycles. The lowest BCUT2D eigenvalue weighted by Gasteiger charge is -2.43. The van der Waals surface area contributed by atoms with Crippen LogP contribution < -0.4 is 5.73 Å². The molecule has 1 amide bonds. The van der Waals surface area contributed by atoms with Crippen LogP contribution in [-0.2, 0) is 4.79 Å². The fourth-order valence-electron chi connectivity index (χ4n) is 2.97. The van der Waals surface area contributed by atoms with E-state index in [4.69, 9.17) is 5.73 Å². The van der Waals surface area contributed by atoms with Gasteiger partial charge in [-0.25, -0.2) is 0 Å². The highest BCUT2D eigenvalue weighted by atomic mass is 16.2. The second-order valence-corrected chi connectivity index (χ2v) is 5.90. The maximum atomic E-state index is 12.3. The van der Waals surface area contributed by atoms with Crippen LogP contribution in [0.5, 0.6) is 0 Å². The summed E-state index contributed by atoms with van der Waals surface area (Å²) in [4.78, 5) is 16.9. The van der Waals surface area contributed by atoms with Crippen LogP contribution in [0.15, 0.2) is 0 Å². The average Bonchev–Trinajstić information content (AvgIpc) is 2.72. The minimum Gasteiger partial charge on any atom is -0.336 e. The first kappa shape index (κ1) is 12.8. The van der Waals surface area contributed by atoms with E-state index in [-0.39, 0.29) is 17.9 Å². The first-order chi connectivity index (χ1) is 8.00. The molecule has 2 fully saturated rings. The third-order valence-electron chi connectivity index (χ3n) is 4.22. The second kappa shape index (κ2) is 4.94. The molecule has 0 saturated carbocycles. The molecular weight excluding hydrogens is 214 g/mol. The molecule has 4 nitrogen and oxygen atoms in total. The summed E-state index contributed by atoms with van der Waals surface area (Å²) in [6.45, 7) is 9.26. The minimum atomic E-state index is -0.342. The van der Waals surface area contributed by atoms with Gasteiger partial charge in [-0.15, -0.1) is 0 Å². The molecule has 2 unspecified atom stereocenters. The second-order valence-electron chi connectivity index (χ2n) is 5.90. The lowest BCUT2D eigenvalue weighted by atomic mass is 10.0. The lowest BCUT2D eigenvalue weighted by Crippen LogP contribution is -2.60. The van der Waals surface area contributed by atoms with Crippen LogP contribution in [0, 0.1) is 5.92 Å². The van der Waals surface area contributed by atoms with E-state index in [0.29, 0.717) is 12.1 Å². The Hall–Kier alpha value is -0.610. The summed E-state index contributed by atoms with van der Waals surface area (Å²) < 4.78 is 0. The predicted molar refractivity (Wildman–Crippen MR) is 68.6 cm³/mol. The topological polar surface area (TPSA) is 49.6 Å². The Kier molecular flexibility index (Phi) is 3.73. The molecule has 0 aromatic heterocycles. The largest absolute Gasteiger partial charge is 0.336 e. The maximum Gasteiger partial charge on any atom is 0.240 e. The fourth-order valence-corrected chi connectivity index (χ4v) is 2.97. The van der Waals surface area contributed by atoms with E-state index >= 15 is 0 Å². The molecule has 0 bridgehead atoms. The van der Waals surface area contributed by atoms with E-state index in [9.17, 15) is 4.79 Å². The van der Waals surface area contributed by atoms with Crippen molar-refractivity contribution in [3.63, 3.8) is 0 Å². The summed E-state index contributed by atoms with van der Waals surface area (Å²) in [5.41, 5.74) is 5.99. The van der Waals surface area contributed by atoms with E-state index < -0.39 is 0 Å². The highest BCUT2D eigenvalue weighted by Gasteiger charge is 2.38. The van der Waals surface area contributed by atoms with Gasteiger partial charge in [0.15, 0.2) is 0 Å². The van der Waals surface area contributed by atoms with Gasteiger partial charge in [-0.1, -0.05) is 13.8 Å². The number of rotatable bonds is 2. The third kappa shape index (κ3) is 2.47. The Morgan fingerprint density at radius 3 is 2.71 bits per heavy atom. The van der Waals surface area contributed by atoms with Crippen molar-refractivity contribution in [3.8, 4) is 0 Å². The number of hydrogen-bond acceptors (Lipinski definition) is 3. The molecule has 2 N–H and O–H groups in total. The fraction of sp³-hybridized carbons (Fsp3) is 0.923. The van der Waals surface area contributed by atoms with Gasteiger partial charge in [-0.2, -0.15) is 0 Å². The summed E-state index contributed by atoms with van der Waals surface area (Å²) in [5, 5.41) is 0. The van der Waals surface area contributed by atoms with Gasteiger partial charge in [-0.05, 0) is 32.2 Å². The molecule has 98 valence electrons. The Bertz CT molecular complexity index is 292. The van der Waals surface area contributed by atoms with Gasteiger partial charge >= 0.3 is 0 Å². The average molecular weight is 239 g/mol. The molecule has 2 heterocycles. The van der Waals surface area contributed by atoms with Gasteiger partial charge in [0.25, 0.3) is 0 Å². The highest BCUT2D eigenvalue weighted by molar-refractivity contribution is 5.82. The van der Waals surface area contributed by atoms with Crippen molar-refractivity contribution in [2.24, 2.45) is 11.7 Å². The number of nitrogens with two attached hydrogens (primary N) is 1. The zero-order valence-electron chi connectivity index (χ0n) is 11.2. The Balaban J connectivity index is 2.03. The SMILES string of the molecule is CC(C)[C@@H](N)C(=O)N1CC2CCCN2CC1C. The summed E-state index contributed by atoms with van der Waals surface area (Å²) in [7, 11) is 0. The normalized spacial score (nSPS) is 31.7. The van der Waals surface area contributed by atoms with E-state index in [0.717, 1.165) is 13.1 Å². The molecule has 0 aliphatic carbocycles. The van der Waals surface area contributed by atoms with Gasteiger partial charge in [0.2, 0.25) is 5.91 Å². The van der Waals surface area contributed by atoms with Crippen molar-refractivity contribution in [3.05, 3.63) is 0 Å². The van der Waals surface area contributed by atoms with E-state index in [2.05, 4.69) is 11.8 Å². The van der Waals surface area contributed by atoms with Crippen LogP contribution in [0.2, 0.25) is 0 Å². The Morgan fingerprint density at radius 2 is 2.06 bits per heavy atom. The molecule has 0 radical (unpaired) electrons. The number of carbonyl (C=O) groups excluding carboxylic acids is 1. The minimum absolute atomic E-state index is 0.138. The molecule has 0 spiro atoms.